The molecular formula is C18H13N3O4S. The maximum absolute atomic E-state index is 12.8. The molecule has 0 bridgehead atoms. The summed E-state index contributed by atoms with van der Waals surface area (Å²) in [5, 5.41) is 21.1. The van der Waals surface area contributed by atoms with Gasteiger partial charge < -0.3 is 5.11 Å². The number of para-hydroxylation sites is 1. The van der Waals surface area contributed by atoms with Crippen LogP contribution in [-0.4, -0.2) is 19.4 Å². The van der Waals surface area contributed by atoms with Crippen molar-refractivity contribution in [2.75, 3.05) is 0 Å². The molecule has 4 aromatic rings. The van der Waals surface area contributed by atoms with Gasteiger partial charge in [-0.15, -0.1) is 0 Å². The highest BCUT2D eigenvalue weighted by atomic mass is 32.1. The standard InChI is InChI=1S/C18H13N3O4S/c1-9-6-10(2)15-13(7-9)20-17(23)14(26-18(20)19-15)8-11-4-3-5-12(16(11)22)21(24)25/h3-8,22H,1-2H3/b14-8-. The molecule has 0 amide bonds. The Morgan fingerprint density at radius 3 is 2.81 bits per heavy atom. The lowest BCUT2D eigenvalue weighted by molar-refractivity contribution is -0.385. The Bertz CT molecular complexity index is 1320. The normalized spacial score (nSPS) is 12.3. The lowest BCUT2D eigenvalue weighted by Gasteiger charge is -1.99. The van der Waals surface area contributed by atoms with E-state index < -0.39 is 16.4 Å². The van der Waals surface area contributed by atoms with E-state index in [4.69, 9.17) is 0 Å². The molecule has 0 atom stereocenters. The molecular weight excluding hydrogens is 354 g/mol. The van der Waals surface area contributed by atoms with Gasteiger partial charge >= 0.3 is 5.69 Å². The van der Waals surface area contributed by atoms with E-state index in [-0.39, 0.29) is 11.1 Å². The number of aryl methyl sites for hydroxylation is 2. The third kappa shape index (κ3) is 2.34. The fourth-order valence-corrected chi connectivity index (χ4v) is 4.03. The molecule has 2 aromatic heterocycles. The molecule has 0 radical (unpaired) electrons. The van der Waals surface area contributed by atoms with Gasteiger partial charge in [0.2, 0.25) is 5.75 Å². The van der Waals surface area contributed by atoms with Gasteiger partial charge in [-0.3, -0.25) is 14.9 Å². The number of nitro benzene ring substituents is 1. The number of phenolic OH excluding ortho intramolecular Hbond substituents is 1. The summed E-state index contributed by atoms with van der Waals surface area (Å²) in [6.07, 6.45) is 1.46. The molecule has 0 saturated carbocycles. The van der Waals surface area contributed by atoms with Gasteiger partial charge in [0, 0.05) is 11.6 Å². The van der Waals surface area contributed by atoms with E-state index in [0.717, 1.165) is 22.2 Å². The second-order valence-corrected chi connectivity index (χ2v) is 7.08. The smallest absolute Gasteiger partial charge is 0.311 e. The molecule has 26 heavy (non-hydrogen) atoms. The SMILES string of the molecule is Cc1cc(C)c2nc3s/c(=C\c4cccc([N+](=O)[O-])c4O)c(=O)n3c2c1. The molecule has 7 nitrogen and oxygen atoms in total. The number of aromatic nitrogens is 2. The summed E-state index contributed by atoms with van der Waals surface area (Å²) >= 11 is 1.18. The first-order valence-corrected chi connectivity index (χ1v) is 8.59. The fraction of sp³-hybridized carbons (Fsp3) is 0.111. The average Bonchev–Trinajstić information content (AvgIpc) is 3.07. The van der Waals surface area contributed by atoms with Gasteiger partial charge in [0.25, 0.3) is 5.56 Å². The number of rotatable bonds is 2. The number of hydrogen-bond acceptors (Lipinski definition) is 6. The monoisotopic (exact) mass is 367 g/mol. The van der Waals surface area contributed by atoms with E-state index in [1.165, 1.54) is 35.6 Å². The van der Waals surface area contributed by atoms with E-state index in [2.05, 4.69) is 4.98 Å². The lowest BCUT2D eigenvalue weighted by atomic mass is 10.1. The maximum atomic E-state index is 12.8. The number of aromatic hydroxyl groups is 1. The van der Waals surface area contributed by atoms with Crippen LogP contribution in [0.5, 0.6) is 5.75 Å². The van der Waals surface area contributed by atoms with Crippen LogP contribution >= 0.6 is 11.3 Å². The topological polar surface area (TPSA) is 97.7 Å². The van der Waals surface area contributed by atoms with Gasteiger partial charge in [0.05, 0.1) is 20.5 Å². The predicted molar refractivity (Wildman–Crippen MR) is 99.9 cm³/mol. The van der Waals surface area contributed by atoms with Gasteiger partial charge in [-0.25, -0.2) is 9.38 Å². The molecule has 0 aliphatic heterocycles. The molecule has 0 saturated heterocycles. The average molecular weight is 367 g/mol. The quantitative estimate of drug-likeness (QED) is 0.434. The van der Waals surface area contributed by atoms with Gasteiger partial charge in [-0.1, -0.05) is 29.5 Å². The molecule has 0 aliphatic carbocycles. The van der Waals surface area contributed by atoms with Crippen LogP contribution in [0.3, 0.4) is 0 Å². The van der Waals surface area contributed by atoms with Crippen LogP contribution in [0.2, 0.25) is 0 Å². The summed E-state index contributed by atoms with van der Waals surface area (Å²) < 4.78 is 1.89. The minimum atomic E-state index is -0.662. The Morgan fingerprint density at radius 2 is 2.08 bits per heavy atom. The van der Waals surface area contributed by atoms with Crippen LogP contribution in [-0.2, 0) is 0 Å². The molecule has 130 valence electrons. The number of nitro groups is 1. The minimum absolute atomic E-state index is 0.220. The molecule has 0 spiro atoms. The predicted octanol–water partition coefficient (Wildman–Crippen LogP) is 2.69. The Labute approximate surface area is 150 Å². The van der Waals surface area contributed by atoms with Crippen molar-refractivity contribution in [1.29, 1.82) is 0 Å². The lowest BCUT2D eigenvalue weighted by Crippen LogP contribution is -2.22. The van der Waals surface area contributed by atoms with E-state index in [1.54, 1.807) is 4.40 Å². The Hall–Kier alpha value is -3.26. The zero-order chi connectivity index (χ0) is 18.6. The van der Waals surface area contributed by atoms with Gasteiger partial charge in [-0.2, -0.15) is 0 Å². The summed E-state index contributed by atoms with van der Waals surface area (Å²) in [4.78, 5) is 28.2. The molecule has 0 aliphatic rings. The van der Waals surface area contributed by atoms with Crippen LogP contribution in [0.15, 0.2) is 35.1 Å². The Morgan fingerprint density at radius 1 is 1.31 bits per heavy atom. The third-order valence-corrected chi connectivity index (χ3v) is 5.18. The van der Waals surface area contributed by atoms with Crippen molar-refractivity contribution in [3.63, 3.8) is 0 Å². The van der Waals surface area contributed by atoms with Gasteiger partial charge in [0.15, 0.2) is 4.96 Å². The number of imidazole rings is 1. The van der Waals surface area contributed by atoms with Crippen LogP contribution in [0.4, 0.5) is 5.69 Å². The highest BCUT2D eigenvalue weighted by Gasteiger charge is 2.17. The van der Waals surface area contributed by atoms with Crippen LogP contribution in [0.1, 0.15) is 16.7 Å². The number of nitrogens with zero attached hydrogens (tertiary/aromatic N) is 3. The first kappa shape index (κ1) is 16.2. The van der Waals surface area contributed by atoms with Crippen LogP contribution in [0, 0.1) is 24.0 Å². The Balaban J connectivity index is 2.01. The fourth-order valence-electron chi connectivity index (χ4n) is 3.06. The first-order valence-electron chi connectivity index (χ1n) is 7.77. The van der Waals surface area contributed by atoms with E-state index in [9.17, 15) is 20.0 Å². The van der Waals surface area contributed by atoms with Gasteiger partial charge in [0.1, 0.15) is 0 Å². The van der Waals surface area contributed by atoms with E-state index >= 15 is 0 Å². The molecule has 1 N–H and O–H groups in total. The third-order valence-electron chi connectivity index (χ3n) is 4.21. The highest BCUT2D eigenvalue weighted by Crippen LogP contribution is 2.29. The molecule has 0 fully saturated rings. The van der Waals surface area contributed by atoms with Crippen LogP contribution < -0.4 is 10.1 Å². The van der Waals surface area contributed by atoms with Crippen LogP contribution in [0.25, 0.3) is 22.1 Å². The second-order valence-electron chi connectivity index (χ2n) is 6.07. The zero-order valence-electron chi connectivity index (χ0n) is 13.9. The molecule has 0 unspecified atom stereocenters. The highest BCUT2D eigenvalue weighted by molar-refractivity contribution is 7.15. The number of phenols is 1. The van der Waals surface area contributed by atoms with Crippen molar-refractivity contribution in [1.82, 2.24) is 9.38 Å². The maximum Gasteiger partial charge on any atom is 0.311 e. The second kappa shape index (κ2) is 5.63. The van der Waals surface area contributed by atoms with Crippen molar-refractivity contribution in [2.45, 2.75) is 13.8 Å². The van der Waals surface area contributed by atoms with E-state index in [1.807, 2.05) is 26.0 Å². The summed E-state index contributed by atoms with van der Waals surface area (Å²) in [7, 11) is 0. The van der Waals surface area contributed by atoms with E-state index in [0.29, 0.717) is 9.49 Å². The van der Waals surface area contributed by atoms with Gasteiger partial charge in [-0.05, 0) is 37.1 Å². The molecule has 8 heteroatoms. The molecule has 4 rings (SSSR count). The summed E-state index contributed by atoms with van der Waals surface area (Å²) in [6.45, 7) is 3.90. The van der Waals surface area contributed by atoms with Crippen molar-refractivity contribution in [3.05, 3.63) is 72.0 Å². The largest absolute Gasteiger partial charge is 0.502 e. The molecule has 2 heterocycles. The number of fused-ring (bicyclic) bond motifs is 3. The summed E-state index contributed by atoms with van der Waals surface area (Å²) in [5.74, 6) is -0.459. The molecule has 2 aromatic carbocycles. The zero-order valence-corrected chi connectivity index (χ0v) is 14.7. The number of benzene rings is 2. The minimum Gasteiger partial charge on any atom is -0.502 e. The van der Waals surface area contributed by atoms with Crippen molar-refractivity contribution >= 4 is 39.1 Å². The number of thiazole rings is 1. The number of hydrogen-bond donors (Lipinski definition) is 1. The van der Waals surface area contributed by atoms with Crippen molar-refractivity contribution < 1.29 is 10.0 Å². The summed E-state index contributed by atoms with van der Waals surface area (Å²) in [5.41, 5.74) is 3.11. The first-order chi connectivity index (χ1) is 12.4. The summed E-state index contributed by atoms with van der Waals surface area (Å²) in [6, 6.07) is 8.12. The van der Waals surface area contributed by atoms with Crippen molar-refractivity contribution in [2.24, 2.45) is 0 Å². The van der Waals surface area contributed by atoms with Crippen molar-refractivity contribution in [3.8, 4) is 5.75 Å². The Kier molecular flexibility index (Phi) is 3.52.